The number of hydrogen-bond acceptors (Lipinski definition) is 3. The zero-order valence-electron chi connectivity index (χ0n) is 9.65. The van der Waals surface area contributed by atoms with Crippen LogP contribution in [0.15, 0.2) is 40.2 Å². The summed E-state index contributed by atoms with van der Waals surface area (Å²) in [5, 5.41) is 8.76. The third kappa shape index (κ3) is 2.17. The quantitative estimate of drug-likeness (QED) is 0.732. The number of halogens is 2. The molecule has 0 aliphatic heterocycles. The van der Waals surface area contributed by atoms with E-state index in [9.17, 15) is 4.39 Å². The van der Waals surface area contributed by atoms with Gasteiger partial charge in [-0.2, -0.15) is 5.10 Å². The maximum atomic E-state index is 14.1. The predicted octanol–water partition coefficient (Wildman–Crippen LogP) is 4.29. The molecule has 2 aromatic heterocycles. The van der Waals surface area contributed by atoms with E-state index in [0.717, 1.165) is 10.4 Å². The maximum Gasteiger partial charge on any atom is 0.154 e. The van der Waals surface area contributed by atoms with Crippen LogP contribution in [0, 0.1) is 5.82 Å². The van der Waals surface area contributed by atoms with E-state index in [0.29, 0.717) is 21.5 Å². The van der Waals surface area contributed by atoms with E-state index in [1.807, 2.05) is 17.5 Å². The molecule has 2 heterocycles. The number of nitrogen functional groups attached to an aromatic ring is 1. The van der Waals surface area contributed by atoms with Gasteiger partial charge in [-0.25, -0.2) is 4.39 Å². The van der Waals surface area contributed by atoms with E-state index in [2.05, 4.69) is 26.1 Å². The van der Waals surface area contributed by atoms with Crippen molar-refractivity contribution in [2.45, 2.75) is 0 Å². The summed E-state index contributed by atoms with van der Waals surface area (Å²) in [5.41, 5.74) is 7.69. The van der Waals surface area contributed by atoms with Crippen molar-refractivity contribution in [1.82, 2.24) is 10.2 Å². The number of anilines is 1. The number of nitrogens with one attached hydrogen (secondary N) is 1. The number of H-pyrrole nitrogens is 1. The third-order valence-electron chi connectivity index (χ3n) is 2.76. The number of aromatic amines is 1. The molecule has 0 bridgehead atoms. The van der Waals surface area contributed by atoms with Crippen molar-refractivity contribution in [2.24, 2.45) is 0 Å². The molecule has 6 heteroatoms. The van der Waals surface area contributed by atoms with Crippen LogP contribution in [-0.2, 0) is 0 Å². The van der Waals surface area contributed by atoms with Gasteiger partial charge in [0.1, 0.15) is 5.82 Å². The molecule has 96 valence electrons. The van der Waals surface area contributed by atoms with Gasteiger partial charge in [-0.3, -0.25) is 5.10 Å². The van der Waals surface area contributed by atoms with Crippen molar-refractivity contribution in [3.8, 4) is 21.7 Å². The van der Waals surface area contributed by atoms with Gasteiger partial charge in [-0.15, -0.1) is 11.3 Å². The molecular formula is C13H9BrFN3S. The fraction of sp³-hybridized carbons (Fsp3) is 0. The Morgan fingerprint density at radius 2 is 2.16 bits per heavy atom. The Kier molecular flexibility index (Phi) is 3.12. The molecule has 0 radical (unpaired) electrons. The highest BCUT2D eigenvalue weighted by Gasteiger charge is 2.18. The lowest BCUT2D eigenvalue weighted by atomic mass is 10.1. The van der Waals surface area contributed by atoms with Gasteiger partial charge in [0.25, 0.3) is 0 Å². The highest BCUT2D eigenvalue weighted by atomic mass is 79.9. The highest BCUT2D eigenvalue weighted by Crippen LogP contribution is 2.38. The van der Waals surface area contributed by atoms with Gasteiger partial charge in [0, 0.05) is 14.9 Å². The fourth-order valence-corrected chi connectivity index (χ4v) is 3.03. The molecule has 3 aromatic rings. The van der Waals surface area contributed by atoms with Crippen molar-refractivity contribution in [3.05, 3.63) is 46.0 Å². The van der Waals surface area contributed by atoms with Crippen LogP contribution in [0.4, 0.5) is 10.2 Å². The number of thiophene rings is 1. The third-order valence-corrected chi connectivity index (χ3v) is 4.14. The van der Waals surface area contributed by atoms with Gasteiger partial charge >= 0.3 is 0 Å². The standard InChI is InChI=1S/C13H9BrFN3S/c14-7-3-4-8(9(15)6-7)12-11(13(16)18-17-12)10-2-1-5-19-10/h1-6H,(H3,16,17,18). The zero-order chi connectivity index (χ0) is 13.4. The maximum absolute atomic E-state index is 14.1. The number of benzene rings is 1. The summed E-state index contributed by atoms with van der Waals surface area (Å²) in [4.78, 5) is 0.962. The van der Waals surface area contributed by atoms with Crippen LogP contribution in [0.5, 0.6) is 0 Å². The molecule has 0 saturated heterocycles. The minimum atomic E-state index is -0.323. The lowest BCUT2D eigenvalue weighted by Crippen LogP contribution is -1.89. The first kappa shape index (κ1) is 12.4. The van der Waals surface area contributed by atoms with Crippen LogP contribution in [0.1, 0.15) is 0 Å². The minimum absolute atomic E-state index is 0.323. The second kappa shape index (κ2) is 4.79. The molecule has 3 nitrogen and oxygen atoms in total. The Morgan fingerprint density at radius 3 is 2.84 bits per heavy atom. The summed E-state index contributed by atoms with van der Waals surface area (Å²) in [7, 11) is 0. The van der Waals surface area contributed by atoms with Gasteiger partial charge in [-0.1, -0.05) is 22.0 Å². The van der Waals surface area contributed by atoms with Crippen LogP contribution in [0.25, 0.3) is 21.7 Å². The monoisotopic (exact) mass is 337 g/mol. The Morgan fingerprint density at radius 1 is 1.32 bits per heavy atom. The summed E-state index contributed by atoms with van der Waals surface area (Å²) < 4.78 is 14.7. The Labute approximate surface area is 121 Å². The van der Waals surface area contributed by atoms with Crippen LogP contribution >= 0.6 is 27.3 Å². The van der Waals surface area contributed by atoms with E-state index in [1.165, 1.54) is 6.07 Å². The Balaban J connectivity index is 2.21. The predicted molar refractivity (Wildman–Crippen MR) is 79.4 cm³/mol. The van der Waals surface area contributed by atoms with Gasteiger partial charge in [0.05, 0.1) is 11.3 Å². The van der Waals surface area contributed by atoms with Crippen LogP contribution in [0.3, 0.4) is 0 Å². The number of nitrogens with two attached hydrogens (primary N) is 1. The smallest absolute Gasteiger partial charge is 0.154 e. The average Bonchev–Trinajstić information content (AvgIpc) is 2.98. The summed E-state index contributed by atoms with van der Waals surface area (Å²) in [5.74, 6) is 0.0515. The van der Waals surface area contributed by atoms with Gasteiger partial charge in [0.2, 0.25) is 0 Å². The molecule has 1 aromatic carbocycles. The van der Waals surface area contributed by atoms with Crippen molar-refractivity contribution < 1.29 is 4.39 Å². The second-order valence-corrected chi connectivity index (χ2v) is 5.82. The fourth-order valence-electron chi connectivity index (χ4n) is 1.91. The van der Waals surface area contributed by atoms with Crippen molar-refractivity contribution in [1.29, 1.82) is 0 Å². The molecule has 0 fully saturated rings. The number of hydrogen-bond donors (Lipinski definition) is 2. The molecule has 0 aliphatic rings. The van der Waals surface area contributed by atoms with E-state index in [-0.39, 0.29) is 5.82 Å². The molecule has 0 unspecified atom stereocenters. The first-order valence-corrected chi connectivity index (χ1v) is 7.17. The molecule has 0 atom stereocenters. The van der Waals surface area contributed by atoms with E-state index in [1.54, 1.807) is 23.5 Å². The number of rotatable bonds is 2. The van der Waals surface area contributed by atoms with E-state index in [4.69, 9.17) is 5.73 Å². The average molecular weight is 338 g/mol. The number of aromatic nitrogens is 2. The van der Waals surface area contributed by atoms with Gasteiger partial charge in [-0.05, 0) is 29.6 Å². The largest absolute Gasteiger partial charge is 0.382 e. The summed E-state index contributed by atoms with van der Waals surface area (Å²) in [6, 6.07) is 8.77. The molecule has 19 heavy (non-hydrogen) atoms. The normalized spacial score (nSPS) is 10.8. The highest BCUT2D eigenvalue weighted by molar-refractivity contribution is 9.10. The zero-order valence-corrected chi connectivity index (χ0v) is 12.1. The molecule has 0 saturated carbocycles. The Hall–Kier alpha value is -1.66. The first-order valence-electron chi connectivity index (χ1n) is 5.50. The van der Waals surface area contributed by atoms with E-state index >= 15 is 0 Å². The van der Waals surface area contributed by atoms with Crippen molar-refractivity contribution in [3.63, 3.8) is 0 Å². The molecular weight excluding hydrogens is 329 g/mol. The van der Waals surface area contributed by atoms with Crippen LogP contribution < -0.4 is 5.73 Å². The topological polar surface area (TPSA) is 54.7 Å². The molecule has 0 spiro atoms. The van der Waals surface area contributed by atoms with Crippen LogP contribution in [-0.4, -0.2) is 10.2 Å². The van der Waals surface area contributed by atoms with Crippen molar-refractivity contribution >= 4 is 33.1 Å². The SMILES string of the molecule is Nc1n[nH]c(-c2ccc(Br)cc2F)c1-c1cccs1. The molecule has 3 N–H and O–H groups in total. The summed E-state index contributed by atoms with van der Waals surface area (Å²) in [6.07, 6.45) is 0. The van der Waals surface area contributed by atoms with Crippen molar-refractivity contribution in [2.75, 3.05) is 5.73 Å². The lowest BCUT2D eigenvalue weighted by molar-refractivity contribution is 0.630. The van der Waals surface area contributed by atoms with Gasteiger partial charge in [0.15, 0.2) is 5.82 Å². The van der Waals surface area contributed by atoms with Gasteiger partial charge < -0.3 is 5.73 Å². The summed E-state index contributed by atoms with van der Waals surface area (Å²) in [6.45, 7) is 0. The molecule has 0 amide bonds. The summed E-state index contributed by atoms with van der Waals surface area (Å²) >= 11 is 4.78. The molecule has 0 aliphatic carbocycles. The lowest BCUT2D eigenvalue weighted by Gasteiger charge is -2.04. The van der Waals surface area contributed by atoms with E-state index < -0.39 is 0 Å². The Bertz CT molecular complexity index is 722. The van der Waals surface area contributed by atoms with Crippen LogP contribution in [0.2, 0.25) is 0 Å². The second-order valence-electron chi connectivity index (χ2n) is 3.96. The first-order chi connectivity index (χ1) is 9.16. The number of nitrogens with zero attached hydrogens (tertiary/aromatic N) is 1. The molecule has 3 rings (SSSR count). The minimum Gasteiger partial charge on any atom is -0.382 e.